The second-order valence-corrected chi connectivity index (χ2v) is 2.50. The Kier molecular flexibility index (Phi) is 1.27. The Morgan fingerprint density at radius 1 is 1.75 bits per heavy atom. The summed E-state index contributed by atoms with van der Waals surface area (Å²) in [6, 6.07) is 0. The van der Waals surface area contributed by atoms with Crippen molar-refractivity contribution < 1.29 is 10.2 Å². The van der Waals surface area contributed by atoms with E-state index in [-0.39, 0.29) is 0 Å². The lowest BCUT2D eigenvalue weighted by Gasteiger charge is -2.18. The molecule has 1 saturated heterocycles. The van der Waals surface area contributed by atoms with Crippen LogP contribution in [0.25, 0.3) is 0 Å². The van der Waals surface area contributed by atoms with Crippen molar-refractivity contribution >= 4 is 0 Å². The molecule has 3 nitrogen and oxygen atoms in total. The molecule has 1 heterocycles. The van der Waals surface area contributed by atoms with Crippen LogP contribution in [-0.2, 0) is 0 Å². The van der Waals surface area contributed by atoms with Gasteiger partial charge in [0.2, 0.25) is 0 Å². The molecule has 1 aliphatic rings. The molecule has 48 valence electrons. The Balaban J connectivity index is 2.54. The quantitative estimate of drug-likeness (QED) is 0.369. The molecule has 0 aromatic carbocycles. The van der Waals surface area contributed by atoms with E-state index in [4.69, 9.17) is 10.2 Å². The lowest BCUT2D eigenvalue weighted by Crippen LogP contribution is -2.37. The van der Waals surface area contributed by atoms with Crippen molar-refractivity contribution in [3.63, 3.8) is 0 Å². The van der Waals surface area contributed by atoms with Crippen molar-refractivity contribution in [1.82, 2.24) is 5.32 Å². The van der Waals surface area contributed by atoms with Crippen LogP contribution in [0, 0.1) is 0 Å². The van der Waals surface area contributed by atoms with Gasteiger partial charge in [-0.15, -0.1) is 0 Å². The highest BCUT2D eigenvalue weighted by atomic mass is 16.3. The number of aliphatic hydroxyl groups excluding tert-OH is 1. The van der Waals surface area contributed by atoms with Crippen molar-refractivity contribution in [3.8, 4) is 0 Å². The molecule has 1 aliphatic heterocycles. The maximum atomic E-state index is 9.15. The molecule has 0 aromatic rings. The van der Waals surface area contributed by atoms with Crippen LogP contribution in [0.15, 0.2) is 0 Å². The molecular formula is C5H11NO2. The smallest absolute Gasteiger partial charge is 0.101 e. The van der Waals surface area contributed by atoms with Crippen LogP contribution in [0.1, 0.15) is 6.92 Å². The molecule has 3 N–H and O–H groups in total. The van der Waals surface area contributed by atoms with E-state index in [1.807, 2.05) is 0 Å². The molecule has 0 aromatic heterocycles. The maximum absolute atomic E-state index is 9.15. The van der Waals surface area contributed by atoms with Gasteiger partial charge >= 0.3 is 0 Å². The van der Waals surface area contributed by atoms with E-state index in [2.05, 4.69) is 5.32 Å². The Labute approximate surface area is 48.3 Å². The minimum Gasteiger partial charge on any atom is -0.389 e. The van der Waals surface area contributed by atoms with Crippen LogP contribution in [0.2, 0.25) is 0 Å². The van der Waals surface area contributed by atoms with E-state index in [0.717, 1.165) is 0 Å². The zero-order valence-corrected chi connectivity index (χ0v) is 4.89. The maximum Gasteiger partial charge on any atom is 0.101 e. The van der Waals surface area contributed by atoms with Crippen molar-refractivity contribution in [2.24, 2.45) is 0 Å². The molecule has 0 saturated carbocycles. The van der Waals surface area contributed by atoms with Gasteiger partial charge in [-0.2, -0.15) is 0 Å². The average molecular weight is 117 g/mol. The Morgan fingerprint density at radius 3 is 2.50 bits per heavy atom. The lowest BCUT2D eigenvalue weighted by molar-refractivity contribution is -0.0246. The lowest BCUT2D eigenvalue weighted by atomic mass is 10.0. The third-order valence-corrected chi connectivity index (χ3v) is 1.54. The summed E-state index contributed by atoms with van der Waals surface area (Å²) >= 11 is 0. The van der Waals surface area contributed by atoms with Gasteiger partial charge in [-0.1, -0.05) is 0 Å². The first kappa shape index (κ1) is 6.01. The number of hydrogen-bond acceptors (Lipinski definition) is 3. The van der Waals surface area contributed by atoms with Gasteiger partial charge in [0, 0.05) is 13.1 Å². The zero-order valence-electron chi connectivity index (χ0n) is 4.89. The van der Waals surface area contributed by atoms with Crippen LogP contribution in [0.4, 0.5) is 0 Å². The number of nitrogens with one attached hydrogen (secondary N) is 1. The summed E-state index contributed by atoms with van der Waals surface area (Å²) in [5, 5.41) is 21.0. The molecule has 0 aliphatic carbocycles. The first-order valence-electron chi connectivity index (χ1n) is 2.74. The summed E-state index contributed by atoms with van der Waals surface area (Å²) in [5.74, 6) is 0. The Hall–Kier alpha value is -0.120. The minimum atomic E-state index is -0.903. The molecule has 0 amide bonds. The molecule has 1 rings (SSSR count). The minimum absolute atomic E-state index is 0.494. The Morgan fingerprint density at radius 2 is 2.38 bits per heavy atom. The number of hydrogen-bond donors (Lipinski definition) is 3. The van der Waals surface area contributed by atoms with Gasteiger partial charge in [0.05, 0.1) is 6.10 Å². The first-order valence-corrected chi connectivity index (χ1v) is 2.74. The summed E-state index contributed by atoms with van der Waals surface area (Å²) in [4.78, 5) is 0. The summed E-state index contributed by atoms with van der Waals surface area (Å²) in [5.41, 5.74) is -0.903. The van der Waals surface area contributed by atoms with Crippen LogP contribution < -0.4 is 5.32 Å². The van der Waals surface area contributed by atoms with E-state index in [1.54, 1.807) is 6.92 Å². The number of β-amino-alcohol motifs (C(OH)–C–C–N with tert-alkyl or cyclic N) is 2. The normalized spacial score (nSPS) is 47.6. The fourth-order valence-electron chi connectivity index (χ4n) is 0.800. The van der Waals surface area contributed by atoms with Gasteiger partial charge in [0.1, 0.15) is 5.60 Å². The zero-order chi connectivity index (χ0) is 6.20. The van der Waals surface area contributed by atoms with Crippen LogP contribution in [-0.4, -0.2) is 35.0 Å². The largest absolute Gasteiger partial charge is 0.389 e. The predicted molar refractivity (Wildman–Crippen MR) is 29.5 cm³/mol. The topological polar surface area (TPSA) is 52.5 Å². The van der Waals surface area contributed by atoms with Gasteiger partial charge in [-0.3, -0.25) is 0 Å². The highest BCUT2D eigenvalue weighted by Crippen LogP contribution is 2.12. The second-order valence-electron chi connectivity index (χ2n) is 2.50. The van der Waals surface area contributed by atoms with Gasteiger partial charge in [0.25, 0.3) is 0 Å². The fourth-order valence-corrected chi connectivity index (χ4v) is 0.800. The van der Waals surface area contributed by atoms with Crippen molar-refractivity contribution in [2.75, 3.05) is 13.1 Å². The van der Waals surface area contributed by atoms with E-state index < -0.39 is 11.7 Å². The summed E-state index contributed by atoms with van der Waals surface area (Å²) in [7, 11) is 0. The van der Waals surface area contributed by atoms with Crippen molar-refractivity contribution in [3.05, 3.63) is 0 Å². The van der Waals surface area contributed by atoms with Crippen LogP contribution in [0.5, 0.6) is 0 Å². The Bertz CT molecular complexity index is 92.4. The SMILES string of the molecule is CC1(O)CNCC1O. The third-order valence-electron chi connectivity index (χ3n) is 1.54. The van der Waals surface area contributed by atoms with Gasteiger partial charge in [-0.05, 0) is 6.92 Å². The van der Waals surface area contributed by atoms with Crippen molar-refractivity contribution in [2.45, 2.75) is 18.6 Å². The summed E-state index contributed by atoms with van der Waals surface area (Å²) in [6.07, 6.45) is -0.595. The molecule has 0 bridgehead atoms. The standard InChI is InChI=1S/C5H11NO2/c1-5(8)3-6-2-4(5)7/h4,6-8H,2-3H2,1H3. The number of aliphatic hydroxyl groups is 2. The van der Waals surface area contributed by atoms with Crippen molar-refractivity contribution in [1.29, 1.82) is 0 Å². The molecule has 3 heteroatoms. The van der Waals surface area contributed by atoms with E-state index in [1.165, 1.54) is 0 Å². The highest BCUT2D eigenvalue weighted by molar-refractivity contribution is 4.91. The third kappa shape index (κ3) is 0.844. The van der Waals surface area contributed by atoms with Crippen LogP contribution >= 0.6 is 0 Å². The fraction of sp³-hybridized carbons (Fsp3) is 1.00. The molecule has 2 atom stereocenters. The second kappa shape index (κ2) is 1.69. The van der Waals surface area contributed by atoms with E-state index in [9.17, 15) is 0 Å². The van der Waals surface area contributed by atoms with E-state index >= 15 is 0 Å². The first-order chi connectivity index (χ1) is 3.63. The van der Waals surface area contributed by atoms with Gasteiger partial charge < -0.3 is 15.5 Å². The van der Waals surface area contributed by atoms with Gasteiger partial charge in [0.15, 0.2) is 0 Å². The number of rotatable bonds is 0. The average Bonchev–Trinajstić information content (AvgIpc) is 1.86. The molecule has 2 unspecified atom stereocenters. The summed E-state index contributed by atoms with van der Waals surface area (Å²) < 4.78 is 0. The van der Waals surface area contributed by atoms with E-state index in [0.29, 0.717) is 13.1 Å². The predicted octanol–water partition coefficient (Wildman–Crippen LogP) is -1.30. The monoisotopic (exact) mass is 117 g/mol. The molecular weight excluding hydrogens is 106 g/mol. The molecule has 1 fully saturated rings. The van der Waals surface area contributed by atoms with Crippen LogP contribution in [0.3, 0.4) is 0 Å². The summed E-state index contributed by atoms with van der Waals surface area (Å²) in [6.45, 7) is 2.62. The molecule has 0 radical (unpaired) electrons. The van der Waals surface area contributed by atoms with Gasteiger partial charge in [-0.25, -0.2) is 0 Å². The highest BCUT2D eigenvalue weighted by Gasteiger charge is 2.34. The molecule has 0 spiro atoms. The molecule has 8 heavy (non-hydrogen) atoms.